The van der Waals surface area contributed by atoms with Gasteiger partial charge in [-0.05, 0) is 25.0 Å². The summed E-state index contributed by atoms with van der Waals surface area (Å²) in [5.74, 6) is 0. The van der Waals surface area contributed by atoms with Crippen LogP contribution in [-0.4, -0.2) is 69.5 Å². The zero-order valence-electron chi connectivity index (χ0n) is 15.5. The van der Waals surface area contributed by atoms with Crippen molar-refractivity contribution in [2.45, 2.75) is 31.7 Å². The number of hydrogen-bond donors (Lipinski definition) is 1. The molecule has 6 nitrogen and oxygen atoms in total. The highest BCUT2D eigenvalue weighted by molar-refractivity contribution is 5.76. The minimum atomic E-state index is 0.123. The van der Waals surface area contributed by atoms with Crippen LogP contribution in [0.4, 0.5) is 16.2 Å². The highest BCUT2D eigenvalue weighted by Crippen LogP contribution is 2.30. The molecule has 0 unspecified atom stereocenters. The second-order valence-corrected chi connectivity index (χ2v) is 7.49. The number of urea groups is 1. The Kier molecular flexibility index (Phi) is 5.48. The van der Waals surface area contributed by atoms with Gasteiger partial charge in [-0.3, -0.25) is 0 Å². The number of nitrogens with one attached hydrogen (secondary N) is 1. The summed E-state index contributed by atoms with van der Waals surface area (Å²) in [6.07, 6.45) is 4.77. The monoisotopic (exact) mass is 358 g/mol. The molecule has 0 atom stereocenters. The van der Waals surface area contributed by atoms with E-state index in [2.05, 4.69) is 39.4 Å². The summed E-state index contributed by atoms with van der Waals surface area (Å²) in [7, 11) is 0. The first-order valence-electron chi connectivity index (χ1n) is 10.0. The number of carbonyl (C=O) groups is 1. The molecular weight excluding hydrogens is 328 g/mol. The Hall–Kier alpha value is -1.95. The SMILES string of the molecule is O=C(NC1CCCC1)N1CCN(c2ccccc2N2CCOCC2)CC1. The maximum atomic E-state index is 12.5. The minimum absolute atomic E-state index is 0.123. The molecule has 2 aliphatic heterocycles. The molecule has 2 heterocycles. The van der Waals surface area contributed by atoms with Gasteiger partial charge in [0.2, 0.25) is 0 Å². The van der Waals surface area contributed by atoms with Crippen LogP contribution < -0.4 is 15.1 Å². The van der Waals surface area contributed by atoms with Crippen LogP contribution >= 0.6 is 0 Å². The van der Waals surface area contributed by atoms with E-state index >= 15 is 0 Å². The number of hydrogen-bond acceptors (Lipinski definition) is 4. The number of carbonyl (C=O) groups excluding carboxylic acids is 1. The first-order chi connectivity index (χ1) is 12.8. The molecule has 0 aromatic heterocycles. The Morgan fingerprint density at radius 3 is 2.08 bits per heavy atom. The van der Waals surface area contributed by atoms with Gasteiger partial charge in [0.15, 0.2) is 0 Å². The Morgan fingerprint density at radius 2 is 1.46 bits per heavy atom. The maximum Gasteiger partial charge on any atom is 0.317 e. The fourth-order valence-electron chi connectivity index (χ4n) is 4.29. The van der Waals surface area contributed by atoms with Gasteiger partial charge in [0.05, 0.1) is 24.6 Å². The lowest BCUT2D eigenvalue weighted by Gasteiger charge is -2.39. The van der Waals surface area contributed by atoms with Crippen molar-refractivity contribution in [2.24, 2.45) is 0 Å². The van der Waals surface area contributed by atoms with Gasteiger partial charge in [-0.1, -0.05) is 25.0 Å². The molecular formula is C20H30N4O2. The van der Waals surface area contributed by atoms with E-state index in [0.717, 1.165) is 65.3 Å². The molecule has 1 aromatic carbocycles. The van der Waals surface area contributed by atoms with E-state index in [1.807, 2.05) is 4.90 Å². The van der Waals surface area contributed by atoms with Gasteiger partial charge in [-0.15, -0.1) is 0 Å². The lowest BCUT2D eigenvalue weighted by atomic mass is 10.2. The fourth-order valence-corrected chi connectivity index (χ4v) is 4.29. The van der Waals surface area contributed by atoms with E-state index in [9.17, 15) is 4.79 Å². The molecule has 1 saturated carbocycles. The van der Waals surface area contributed by atoms with Crippen LogP contribution in [0.1, 0.15) is 25.7 Å². The van der Waals surface area contributed by atoms with Crippen LogP contribution in [0.2, 0.25) is 0 Å². The van der Waals surface area contributed by atoms with E-state index in [-0.39, 0.29) is 6.03 Å². The van der Waals surface area contributed by atoms with Crippen molar-refractivity contribution in [1.82, 2.24) is 10.2 Å². The number of benzene rings is 1. The van der Waals surface area contributed by atoms with Crippen molar-refractivity contribution in [3.8, 4) is 0 Å². The molecule has 26 heavy (non-hydrogen) atoms. The predicted molar refractivity (Wildman–Crippen MR) is 104 cm³/mol. The number of rotatable bonds is 3. The normalized spacial score (nSPS) is 21.9. The summed E-state index contributed by atoms with van der Waals surface area (Å²) in [5, 5.41) is 3.21. The zero-order chi connectivity index (χ0) is 17.8. The van der Waals surface area contributed by atoms with E-state index < -0.39 is 0 Å². The largest absolute Gasteiger partial charge is 0.378 e. The van der Waals surface area contributed by atoms with Gasteiger partial charge in [0, 0.05) is 45.3 Å². The average molecular weight is 358 g/mol. The molecule has 0 bridgehead atoms. The number of amides is 2. The third-order valence-electron chi connectivity index (χ3n) is 5.82. The average Bonchev–Trinajstić information content (AvgIpc) is 3.22. The molecule has 2 saturated heterocycles. The molecule has 2 amide bonds. The second-order valence-electron chi connectivity index (χ2n) is 7.49. The van der Waals surface area contributed by atoms with Crippen LogP contribution in [-0.2, 0) is 4.74 Å². The third kappa shape index (κ3) is 3.90. The summed E-state index contributed by atoms with van der Waals surface area (Å²) < 4.78 is 5.50. The topological polar surface area (TPSA) is 48.1 Å². The lowest BCUT2D eigenvalue weighted by molar-refractivity contribution is 0.122. The second kappa shape index (κ2) is 8.16. The number of nitrogens with zero attached hydrogens (tertiary/aromatic N) is 3. The van der Waals surface area contributed by atoms with Crippen molar-refractivity contribution in [3.63, 3.8) is 0 Å². The van der Waals surface area contributed by atoms with Crippen LogP contribution in [0.25, 0.3) is 0 Å². The summed E-state index contributed by atoms with van der Waals surface area (Å²) in [6.45, 7) is 6.83. The quantitative estimate of drug-likeness (QED) is 0.901. The van der Waals surface area contributed by atoms with Gasteiger partial charge in [0.1, 0.15) is 0 Å². The molecule has 1 aliphatic carbocycles. The van der Waals surface area contributed by atoms with Gasteiger partial charge in [-0.2, -0.15) is 0 Å². The summed E-state index contributed by atoms with van der Waals surface area (Å²) >= 11 is 0. The maximum absolute atomic E-state index is 12.5. The molecule has 6 heteroatoms. The minimum Gasteiger partial charge on any atom is -0.378 e. The fraction of sp³-hybridized carbons (Fsp3) is 0.650. The Labute approximate surface area is 156 Å². The first-order valence-corrected chi connectivity index (χ1v) is 10.0. The van der Waals surface area contributed by atoms with E-state index in [1.165, 1.54) is 24.2 Å². The van der Waals surface area contributed by atoms with Gasteiger partial charge in [-0.25, -0.2) is 4.79 Å². The predicted octanol–water partition coefficient (Wildman–Crippen LogP) is 2.30. The lowest BCUT2D eigenvalue weighted by Crippen LogP contribution is -2.53. The van der Waals surface area contributed by atoms with Gasteiger partial charge < -0.3 is 24.8 Å². The molecule has 0 radical (unpaired) electrons. The third-order valence-corrected chi connectivity index (χ3v) is 5.82. The zero-order valence-corrected chi connectivity index (χ0v) is 15.5. The van der Waals surface area contributed by atoms with Crippen molar-refractivity contribution in [2.75, 3.05) is 62.3 Å². The molecule has 4 rings (SSSR count). The molecule has 1 N–H and O–H groups in total. The number of ether oxygens (including phenoxy) is 1. The standard InChI is InChI=1S/C20H30N4O2/c25-20(21-17-5-1-2-6-17)24-11-9-22(10-12-24)18-7-3-4-8-19(18)23-13-15-26-16-14-23/h3-4,7-8,17H,1-2,5-6,9-16H2,(H,21,25). The van der Waals surface area contributed by atoms with E-state index in [0.29, 0.717) is 6.04 Å². The Morgan fingerprint density at radius 1 is 0.885 bits per heavy atom. The Balaban J connectivity index is 1.36. The summed E-state index contributed by atoms with van der Waals surface area (Å²) in [6, 6.07) is 9.15. The van der Waals surface area contributed by atoms with Crippen LogP contribution in [0, 0.1) is 0 Å². The van der Waals surface area contributed by atoms with E-state index in [4.69, 9.17) is 4.74 Å². The summed E-state index contributed by atoms with van der Waals surface area (Å²) in [4.78, 5) is 19.3. The number of morpholine rings is 1. The van der Waals surface area contributed by atoms with Crippen LogP contribution in [0.3, 0.4) is 0 Å². The first kappa shape index (κ1) is 17.5. The highest BCUT2D eigenvalue weighted by atomic mass is 16.5. The molecule has 0 spiro atoms. The van der Waals surface area contributed by atoms with Crippen molar-refractivity contribution >= 4 is 17.4 Å². The number of piperazine rings is 1. The number of anilines is 2. The van der Waals surface area contributed by atoms with Crippen molar-refractivity contribution in [3.05, 3.63) is 24.3 Å². The molecule has 3 aliphatic rings. The summed E-state index contributed by atoms with van der Waals surface area (Å²) in [5.41, 5.74) is 2.57. The van der Waals surface area contributed by atoms with E-state index in [1.54, 1.807) is 0 Å². The van der Waals surface area contributed by atoms with Crippen LogP contribution in [0.5, 0.6) is 0 Å². The van der Waals surface area contributed by atoms with Gasteiger partial charge in [0.25, 0.3) is 0 Å². The smallest absolute Gasteiger partial charge is 0.317 e. The van der Waals surface area contributed by atoms with Gasteiger partial charge >= 0.3 is 6.03 Å². The van der Waals surface area contributed by atoms with Crippen LogP contribution in [0.15, 0.2) is 24.3 Å². The number of para-hydroxylation sites is 2. The molecule has 142 valence electrons. The van der Waals surface area contributed by atoms with Crippen molar-refractivity contribution < 1.29 is 9.53 Å². The molecule has 3 fully saturated rings. The Bertz CT molecular complexity index is 604. The van der Waals surface area contributed by atoms with Crippen molar-refractivity contribution in [1.29, 1.82) is 0 Å². The highest BCUT2D eigenvalue weighted by Gasteiger charge is 2.26. The molecule has 1 aromatic rings.